The number of furan rings is 1. The Kier molecular flexibility index (Phi) is 6.52. The maximum Gasteiger partial charge on any atom is 0.164 e. The van der Waals surface area contributed by atoms with E-state index in [9.17, 15) is 0 Å². The molecule has 0 aliphatic rings. The van der Waals surface area contributed by atoms with E-state index >= 15 is 0 Å². The summed E-state index contributed by atoms with van der Waals surface area (Å²) in [6, 6.07) is 61.6. The fourth-order valence-electron chi connectivity index (χ4n) is 7.90. The number of hydrogen-bond acceptors (Lipinski definition) is 4. The lowest BCUT2D eigenvalue weighted by atomic mass is 9.96. The van der Waals surface area contributed by atoms with Crippen molar-refractivity contribution in [3.8, 4) is 45.3 Å². The first-order chi connectivity index (χ1) is 26.2. The minimum Gasteiger partial charge on any atom is -0.455 e. The maximum atomic E-state index is 6.58. The van der Waals surface area contributed by atoms with Crippen molar-refractivity contribution < 1.29 is 4.42 Å². The maximum absolute atomic E-state index is 6.58. The van der Waals surface area contributed by atoms with Gasteiger partial charge in [-0.3, -0.25) is 0 Å². The third kappa shape index (κ3) is 4.80. The first-order valence-corrected chi connectivity index (χ1v) is 17.9. The molecule has 4 nitrogen and oxygen atoms in total. The average Bonchev–Trinajstić information content (AvgIpc) is 3.61. The second-order valence-electron chi connectivity index (χ2n) is 13.6. The van der Waals surface area contributed by atoms with Crippen LogP contribution in [-0.4, -0.2) is 15.0 Å². The summed E-state index contributed by atoms with van der Waals surface area (Å²) in [5.41, 5.74) is 6.81. The van der Waals surface area contributed by atoms with Crippen LogP contribution in [0.5, 0.6) is 0 Å². The predicted molar refractivity (Wildman–Crippen MR) is 219 cm³/mol. The summed E-state index contributed by atoms with van der Waals surface area (Å²) >= 11 is 0. The molecule has 0 aliphatic heterocycles. The summed E-state index contributed by atoms with van der Waals surface area (Å²) < 4.78 is 6.58. The van der Waals surface area contributed by atoms with E-state index in [0.29, 0.717) is 17.5 Å². The van der Waals surface area contributed by atoms with E-state index in [4.69, 9.17) is 19.4 Å². The van der Waals surface area contributed by atoms with Gasteiger partial charge < -0.3 is 4.42 Å². The Morgan fingerprint density at radius 2 is 0.887 bits per heavy atom. The number of hydrogen-bond donors (Lipinski definition) is 0. The van der Waals surface area contributed by atoms with E-state index in [-0.39, 0.29) is 0 Å². The molecule has 0 saturated heterocycles. The molecule has 2 aromatic heterocycles. The van der Waals surface area contributed by atoms with Gasteiger partial charge in [-0.1, -0.05) is 152 Å². The van der Waals surface area contributed by atoms with Gasteiger partial charge in [0.15, 0.2) is 17.5 Å². The molecule has 2 heterocycles. The van der Waals surface area contributed by atoms with Crippen LogP contribution in [0.1, 0.15) is 0 Å². The molecule has 11 aromatic rings. The summed E-state index contributed by atoms with van der Waals surface area (Å²) in [5.74, 6) is 1.87. The predicted octanol–water partition coefficient (Wildman–Crippen LogP) is 13.1. The lowest BCUT2D eigenvalue weighted by Crippen LogP contribution is -2.00. The number of nitrogens with zero attached hydrogens (tertiary/aromatic N) is 3. The third-order valence-corrected chi connectivity index (χ3v) is 10.5. The van der Waals surface area contributed by atoms with Gasteiger partial charge in [-0.25, -0.2) is 15.0 Å². The Morgan fingerprint density at radius 1 is 0.302 bits per heavy atom. The molecule has 0 aliphatic carbocycles. The molecular weight excluding hydrogens is 647 g/mol. The molecule has 4 heteroatoms. The van der Waals surface area contributed by atoms with E-state index in [1.165, 1.54) is 26.9 Å². The molecular formula is C49H29N3O. The van der Waals surface area contributed by atoms with Crippen molar-refractivity contribution in [3.05, 3.63) is 176 Å². The fraction of sp³-hybridized carbons (Fsp3) is 0. The van der Waals surface area contributed by atoms with Gasteiger partial charge in [-0.15, -0.1) is 0 Å². The topological polar surface area (TPSA) is 51.8 Å². The first-order valence-electron chi connectivity index (χ1n) is 17.9. The lowest BCUT2D eigenvalue weighted by Gasteiger charge is -2.12. The highest BCUT2D eigenvalue weighted by molar-refractivity contribution is 6.20. The van der Waals surface area contributed by atoms with Crippen LogP contribution in [0.2, 0.25) is 0 Å². The SMILES string of the molecule is c1ccc(-c2ccc3oc4c5ccccc5c(-c5nc(-c6ccccc6)nc(-c6ccc7c(ccc8c9ccccc9ccc78)c6)n5)cc4c3c2)cc1. The molecule has 0 bridgehead atoms. The quantitative estimate of drug-likeness (QED) is 0.174. The van der Waals surface area contributed by atoms with Crippen molar-refractivity contribution in [1.82, 2.24) is 15.0 Å². The molecule has 9 aromatic carbocycles. The summed E-state index contributed by atoms with van der Waals surface area (Å²) in [6.45, 7) is 0. The Bertz CT molecular complexity index is 3220. The highest BCUT2D eigenvalue weighted by Crippen LogP contribution is 2.41. The van der Waals surface area contributed by atoms with Crippen LogP contribution in [0.4, 0.5) is 0 Å². The van der Waals surface area contributed by atoms with Gasteiger partial charge in [0.1, 0.15) is 11.2 Å². The highest BCUT2D eigenvalue weighted by Gasteiger charge is 2.19. The number of aromatic nitrogens is 3. The molecule has 0 radical (unpaired) electrons. The number of fused-ring (bicyclic) bond motifs is 10. The summed E-state index contributed by atoms with van der Waals surface area (Å²) in [6.07, 6.45) is 0. The second-order valence-corrected chi connectivity index (χ2v) is 13.6. The molecule has 11 rings (SSSR count). The minimum atomic E-state index is 0.616. The zero-order valence-electron chi connectivity index (χ0n) is 28.5. The highest BCUT2D eigenvalue weighted by atomic mass is 16.3. The molecule has 53 heavy (non-hydrogen) atoms. The fourth-order valence-corrected chi connectivity index (χ4v) is 7.90. The second kappa shape index (κ2) is 11.7. The van der Waals surface area contributed by atoms with Crippen molar-refractivity contribution in [2.45, 2.75) is 0 Å². The van der Waals surface area contributed by atoms with E-state index < -0.39 is 0 Å². The first kappa shape index (κ1) is 29.5. The monoisotopic (exact) mass is 675 g/mol. The average molecular weight is 676 g/mol. The van der Waals surface area contributed by atoms with Gasteiger partial charge in [0.05, 0.1) is 0 Å². The minimum absolute atomic E-state index is 0.616. The molecule has 0 atom stereocenters. The van der Waals surface area contributed by atoms with Crippen molar-refractivity contribution in [3.63, 3.8) is 0 Å². The van der Waals surface area contributed by atoms with Crippen LogP contribution in [0, 0.1) is 0 Å². The number of benzene rings is 9. The van der Waals surface area contributed by atoms with Crippen LogP contribution in [0.15, 0.2) is 180 Å². The van der Waals surface area contributed by atoms with Gasteiger partial charge >= 0.3 is 0 Å². The zero-order valence-corrected chi connectivity index (χ0v) is 28.5. The molecule has 0 unspecified atom stereocenters. The van der Waals surface area contributed by atoms with Crippen molar-refractivity contribution >= 4 is 65.0 Å². The molecule has 0 spiro atoms. The standard InChI is InChI=1S/C49H29N3O/c1-3-11-30(12-4-1)33-22-26-45-42(28-33)43-29-44(38-17-9-10-18-41(38)46(43)53-45)49-51-47(32-14-5-2-6-15-32)50-48(52-49)35-21-23-37-34(27-35)20-25-39-36-16-8-7-13-31(36)19-24-40(37)39/h1-29H. The van der Waals surface area contributed by atoms with Gasteiger partial charge in [0.2, 0.25) is 0 Å². The molecule has 0 amide bonds. The van der Waals surface area contributed by atoms with E-state index in [1.807, 2.05) is 24.3 Å². The van der Waals surface area contributed by atoms with Gasteiger partial charge in [0.25, 0.3) is 0 Å². The molecule has 246 valence electrons. The van der Waals surface area contributed by atoms with Gasteiger partial charge in [-0.05, 0) is 73.1 Å². The third-order valence-electron chi connectivity index (χ3n) is 10.5. The lowest BCUT2D eigenvalue weighted by molar-refractivity contribution is 0.673. The van der Waals surface area contributed by atoms with Crippen LogP contribution < -0.4 is 0 Å². The van der Waals surface area contributed by atoms with Crippen molar-refractivity contribution in [2.75, 3.05) is 0 Å². The Morgan fingerprint density at radius 3 is 1.68 bits per heavy atom. The number of rotatable bonds is 4. The summed E-state index contributed by atoms with van der Waals surface area (Å²) in [4.78, 5) is 15.5. The van der Waals surface area contributed by atoms with E-state index in [2.05, 4.69) is 152 Å². The molecule has 0 fully saturated rings. The van der Waals surface area contributed by atoms with E-state index in [1.54, 1.807) is 0 Å². The summed E-state index contributed by atoms with van der Waals surface area (Å²) in [5, 5.41) is 11.5. The van der Waals surface area contributed by atoms with Gasteiger partial charge in [0, 0.05) is 32.8 Å². The Hall–Kier alpha value is -7.17. The normalized spacial score (nSPS) is 11.8. The van der Waals surface area contributed by atoms with Crippen molar-refractivity contribution in [1.29, 1.82) is 0 Å². The van der Waals surface area contributed by atoms with Gasteiger partial charge in [-0.2, -0.15) is 0 Å². The largest absolute Gasteiger partial charge is 0.455 e. The Balaban J connectivity index is 1.14. The van der Waals surface area contributed by atoms with Crippen LogP contribution in [0.25, 0.3) is 110 Å². The van der Waals surface area contributed by atoms with Crippen LogP contribution in [-0.2, 0) is 0 Å². The van der Waals surface area contributed by atoms with Crippen LogP contribution >= 0.6 is 0 Å². The van der Waals surface area contributed by atoms with Crippen LogP contribution in [0.3, 0.4) is 0 Å². The Labute approximate surface area is 304 Å². The van der Waals surface area contributed by atoms with Crippen molar-refractivity contribution in [2.24, 2.45) is 0 Å². The summed E-state index contributed by atoms with van der Waals surface area (Å²) in [7, 11) is 0. The smallest absolute Gasteiger partial charge is 0.164 e. The molecule has 0 N–H and O–H groups in total. The zero-order chi connectivity index (χ0) is 34.9. The molecule has 0 saturated carbocycles. The van der Waals surface area contributed by atoms with E-state index in [0.717, 1.165) is 65.9 Å².